The van der Waals surface area contributed by atoms with Crippen LogP contribution in [-0.2, 0) is 21.4 Å². The summed E-state index contributed by atoms with van der Waals surface area (Å²) >= 11 is 0. The van der Waals surface area contributed by atoms with Gasteiger partial charge in [0.05, 0.1) is 11.4 Å². The summed E-state index contributed by atoms with van der Waals surface area (Å²) < 4.78 is 25.5. The van der Waals surface area contributed by atoms with Crippen molar-refractivity contribution in [1.29, 1.82) is 5.41 Å². The van der Waals surface area contributed by atoms with Crippen LogP contribution in [0.2, 0.25) is 0 Å². The number of anilines is 1. The first-order valence-electron chi connectivity index (χ1n) is 10.9. The fourth-order valence-electron chi connectivity index (χ4n) is 3.70. The summed E-state index contributed by atoms with van der Waals surface area (Å²) in [6, 6.07) is 22.1. The Bertz CT molecular complexity index is 1540. The molecule has 0 bridgehead atoms. The smallest absolute Gasteiger partial charge is 0.248 e. The summed E-state index contributed by atoms with van der Waals surface area (Å²) in [5, 5.41) is 20.1. The number of nitrogens with one attached hydrogen (secondary N) is 2. The second-order valence-electron chi connectivity index (χ2n) is 7.98. The maximum Gasteiger partial charge on any atom is 0.248 e. The van der Waals surface area contributed by atoms with Crippen molar-refractivity contribution in [2.24, 2.45) is 10.9 Å². The first kappa shape index (κ1) is 24.6. The molecule has 0 aliphatic carbocycles. The molecule has 0 radical (unpaired) electrons. The molecular formula is C26H24N6O3S. The van der Waals surface area contributed by atoms with E-state index < -0.39 is 10.0 Å². The van der Waals surface area contributed by atoms with Crippen molar-refractivity contribution in [3.8, 4) is 11.1 Å². The number of carbonyl (C=O) groups excluding carboxylic acids is 1. The van der Waals surface area contributed by atoms with E-state index in [1.165, 1.54) is 12.1 Å². The summed E-state index contributed by atoms with van der Waals surface area (Å²) in [6.07, 6.45) is 4.92. The van der Waals surface area contributed by atoms with Crippen molar-refractivity contribution in [3.63, 3.8) is 0 Å². The Morgan fingerprint density at radius 2 is 1.72 bits per heavy atom. The van der Waals surface area contributed by atoms with E-state index >= 15 is 0 Å². The van der Waals surface area contributed by atoms with E-state index in [4.69, 9.17) is 16.3 Å². The Kier molecular flexibility index (Phi) is 7.09. The van der Waals surface area contributed by atoms with E-state index in [1.54, 1.807) is 83.8 Å². The zero-order chi connectivity index (χ0) is 25.7. The minimum absolute atomic E-state index is 0.0285. The van der Waals surface area contributed by atoms with Gasteiger partial charge < -0.3 is 11.1 Å². The summed E-state index contributed by atoms with van der Waals surface area (Å²) in [5.74, 6) is -0.424. The number of rotatable bonds is 8. The highest BCUT2D eigenvalue weighted by Gasteiger charge is 2.15. The van der Waals surface area contributed by atoms with Gasteiger partial charge in [0, 0.05) is 35.3 Å². The molecule has 0 spiro atoms. The summed E-state index contributed by atoms with van der Waals surface area (Å²) in [6.45, 7) is 0.338. The number of primary sulfonamides is 1. The number of hydrogen-bond acceptors (Lipinski definition) is 5. The number of hydrogen-bond donors (Lipinski definition) is 4. The van der Waals surface area contributed by atoms with Crippen LogP contribution in [0.15, 0.2) is 102 Å². The van der Waals surface area contributed by atoms with Gasteiger partial charge in [-0.1, -0.05) is 48.5 Å². The normalized spacial score (nSPS) is 11.8. The Morgan fingerprint density at radius 1 is 1.00 bits per heavy atom. The number of nitrogens with zero attached hydrogens (tertiary/aromatic N) is 2. The number of carbonyl (C=O) groups is 1. The second kappa shape index (κ2) is 10.4. The van der Waals surface area contributed by atoms with E-state index in [-0.39, 0.29) is 16.6 Å². The molecule has 0 aliphatic rings. The Morgan fingerprint density at radius 3 is 2.39 bits per heavy atom. The second-order valence-corrected chi connectivity index (χ2v) is 9.51. The lowest BCUT2D eigenvalue weighted by Crippen LogP contribution is -2.13. The standard InChI is InChI=1S/C26H24N6O3S/c27-26(28)20-6-3-5-19(15-20)21(17-32-14-4-13-30-32)16-25(33)31-22-11-9-18(10-12-22)23-7-1-2-8-24(23)36(29,34)35/h1-16H,17H2,(H3,27,28)(H,31,33)(H2,29,34,35)/b21-16-. The Hall–Kier alpha value is -4.54. The van der Waals surface area contributed by atoms with Gasteiger partial charge in [0.25, 0.3) is 0 Å². The van der Waals surface area contributed by atoms with Crippen LogP contribution in [0, 0.1) is 5.41 Å². The minimum atomic E-state index is -3.89. The fourth-order valence-corrected chi connectivity index (χ4v) is 4.46. The van der Waals surface area contributed by atoms with Crippen molar-refractivity contribution in [2.75, 3.05) is 5.32 Å². The largest absolute Gasteiger partial charge is 0.384 e. The van der Waals surface area contributed by atoms with E-state index in [0.29, 0.717) is 34.5 Å². The molecule has 1 amide bonds. The highest BCUT2D eigenvalue weighted by atomic mass is 32.2. The van der Waals surface area contributed by atoms with Gasteiger partial charge in [0.15, 0.2) is 0 Å². The molecular weight excluding hydrogens is 476 g/mol. The summed E-state index contributed by atoms with van der Waals surface area (Å²) in [7, 11) is -3.89. The molecule has 0 unspecified atom stereocenters. The van der Waals surface area contributed by atoms with Crippen LogP contribution in [-0.4, -0.2) is 29.9 Å². The monoisotopic (exact) mass is 500 g/mol. The molecule has 0 fully saturated rings. The average Bonchev–Trinajstić information content (AvgIpc) is 3.37. The number of nitrogen functional groups attached to an aromatic ring is 1. The lowest BCUT2D eigenvalue weighted by Gasteiger charge is -2.11. The van der Waals surface area contributed by atoms with E-state index in [9.17, 15) is 13.2 Å². The molecule has 4 rings (SSSR count). The molecule has 4 aromatic rings. The highest BCUT2D eigenvalue weighted by molar-refractivity contribution is 7.89. The highest BCUT2D eigenvalue weighted by Crippen LogP contribution is 2.27. The topological polar surface area (TPSA) is 157 Å². The number of benzene rings is 3. The number of amides is 1. The van der Waals surface area contributed by atoms with Crippen LogP contribution in [0.4, 0.5) is 5.69 Å². The predicted octanol–water partition coefficient (Wildman–Crippen LogP) is 3.20. The summed E-state index contributed by atoms with van der Waals surface area (Å²) in [5.41, 5.74) is 9.26. The average molecular weight is 501 g/mol. The van der Waals surface area contributed by atoms with Crippen LogP contribution in [0.3, 0.4) is 0 Å². The minimum Gasteiger partial charge on any atom is -0.384 e. The molecule has 9 nitrogen and oxygen atoms in total. The molecule has 0 saturated heterocycles. The van der Waals surface area contributed by atoms with Crippen molar-refractivity contribution in [1.82, 2.24) is 9.78 Å². The number of aromatic nitrogens is 2. The molecule has 36 heavy (non-hydrogen) atoms. The number of allylic oxidation sites excluding steroid dienone is 1. The van der Waals surface area contributed by atoms with Crippen LogP contribution in [0.5, 0.6) is 0 Å². The Balaban J connectivity index is 1.59. The lowest BCUT2D eigenvalue weighted by molar-refractivity contribution is -0.111. The zero-order valence-corrected chi connectivity index (χ0v) is 19.9. The molecule has 0 atom stereocenters. The molecule has 10 heteroatoms. The van der Waals surface area contributed by atoms with Gasteiger partial charge in [-0.3, -0.25) is 14.9 Å². The SMILES string of the molecule is N=C(N)c1cccc(/C(=C\C(=O)Nc2ccc(-c3ccccc3S(N)(=O)=O)cc2)Cn2cccn2)c1. The third-order valence-corrected chi connectivity index (χ3v) is 6.37. The van der Waals surface area contributed by atoms with Gasteiger partial charge in [-0.25, -0.2) is 13.6 Å². The molecule has 1 heterocycles. The van der Waals surface area contributed by atoms with E-state index in [0.717, 1.165) is 5.56 Å². The van der Waals surface area contributed by atoms with Crippen molar-refractivity contribution in [2.45, 2.75) is 11.4 Å². The van der Waals surface area contributed by atoms with Gasteiger partial charge in [-0.15, -0.1) is 0 Å². The third-order valence-electron chi connectivity index (χ3n) is 5.40. The maximum absolute atomic E-state index is 12.9. The van der Waals surface area contributed by atoms with Crippen LogP contribution < -0.4 is 16.2 Å². The molecule has 182 valence electrons. The van der Waals surface area contributed by atoms with E-state index in [2.05, 4.69) is 10.4 Å². The third kappa shape index (κ3) is 5.93. The molecule has 1 aromatic heterocycles. The maximum atomic E-state index is 12.9. The molecule has 3 aromatic carbocycles. The van der Waals surface area contributed by atoms with Gasteiger partial charge >= 0.3 is 0 Å². The van der Waals surface area contributed by atoms with E-state index in [1.807, 2.05) is 6.07 Å². The van der Waals surface area contributed by atoms with Gasteiger partial charge in [-0.05, 0) is 47.0 Å². The first-order valence-corrected chi connectivity index (χ1v) is 12.4. The number of nitrogens with two attached hydrogens (primary N) is 2. The van der Waals surface area contributed by atoms with Gasteiger partial charge in [0.2, 0.25) is 15.9 Å². The van der Waals surface area contributed by atoms with Crippen molar-refractivity contribution >= 4 is 33.0 Å². The van der Waals surface area contributed by atoms with Crippen LogP contribution in [0.25, 0.3) is 16.7 Å². The molecule has 0 saturated carbocycles. The van der Waals surface area contributed by atoms with Gasteiger partial charge in [-0.2, -0.15) is 5.10 Å². The quantitative estimate of drug-likeness (QED) is 0.166. The fraction of sp³-hybridized carbons (Fsp3) is 0.0385. The lowest BCUT2D eigenvalue weighted by atomic mass is 10.0. The number of amidine groups is 1. The van der Waals surface area contributed by atoms with Gasteiger partial charge in [0.1, 0.15) is 5.84 Å². The predicted molar refractivity (Wildman–Crippen MR) is 140 cm³/mol. The van der Waals surface area contributed by atoms with Crippen molar-refractivity contribution < 1.29 is 13.2 Å². The molecule has 6 N–H and O–H groups in total. The van der Waals surface area contributed by atoms with Crippen LogP contribution in [0.1, 0.15) is 11.1 Å². The molecule has 0 aliphatic heterocycles. The summed E-state index contributed by atoms with van der Waals surface area (Å²) in [4.78, 5) is 12.9. The zero-order valence-electron chi connectivity index (χ0n) is 19.1. The first-order chi connectivity index (χ1) is 17.2. The van der Waals surface area contributed by atoms with Crippen molar-refractivity contribution in [3.05, 3.63) is 108 Å². The van der Waals surface area contributed by atoms with Crippen LogP contribution >= 0.6 is 0 Å². The Labute approximate surface area is 208 Å². The number of sulfonamides is 1.